The average molecular weight is 653 g/mol. The van der Waals surface area contributed by atoms with Crippen molar-refractivity contribution in [1.82, 2.24) is 29.9 Å². The minimum absolute atomic E-state index is 0.0252. The lowest BCUT2D eigenvalue weighted by Gasteiger charge is -2.18. The third-order valence-electron chi connectivity index (χ3n) is 8.67. The van der Waals surface area contributed by atoms with Crippen molar-refractivity contribution in [2.75, 3.05) is 49.2 Å². The predicted molar refractivity (Wildman–Crippen MR) is 171 cm³/mol. The summed E-state index contributed by atoms with van der Waals surface area (Å²) in [6.07, 6.45) is 7.43. The Morgan fingerprint density at radius 2 is 1.17 bits per heavy atom. The van der Waals surface area contributed by atoms with E-state index in [4.69, 9.17) is 26.2 Å². The Morgan fingerprint density at radius 1 is 0.739 bits per heavy atom. The van der Waals surface area contributed by atoms with E-state index >= 15 is 0 Å². The molecule has 4 fully saturated rings. The molecule has 2 saturated heterocycles. The number of piperidine rings is 2. The number of aliphatic hydroxyl groups excluding tert-OH is 1. The van der Waals surface area contributed by atoms with Crippen LogP contribution in [0, 0.1) is 44.4 Å². The van der Waals surface area contributed by atoms with Crippen LogP contribution in [0.15, 0.2) is 18.6 Å². The van der Waals surface area contributed by atoms with E-state index < -0.39 is 5.97 Å². The lowest BCUT2D eigenvalue weighted by Crippen LogP contribution is -2.25. The molecule has 4 unspecified atom stereocenters. The highest BCUT2D eigenvalue weighted by atomic mass is 35.5. The maximum Gasteiger partial charge on any atom is 0.341 e. The van der Waals surface area contributed by atoms with Crippen molar-refractivity contribution in [3.63, 3.8) is 0 Å². The van der Waals surface area contributed by atoms with Crippen molar-refractivity contribution in [2.24, 2.45) is 23.7 Å². The van der Waals surface area contributed by atoms with Gasteiger partial charge in [-0.15, -0.1) is 0 Å². The standard InChI is InChI=1S/C13H17N3O2.C11H15N3O.C8H9ClN2O2/c1-3-18-12(17)11-5-14-13(15-8(11)2)16-6-9-4-10(9)7-16;1-7-10(6-15)3-12-11(13-7)14-4-8-2-9(8)5-14;1-3-13-7(12)6-4-10-8(9)11-5(6)2/h5,9-10H,3-4,6-7H2,1-2H3;3,8-9,15H,2,4-6H2,1H3;4H,3H2,1-2H3. The number of hydrogen-bond donors (Lipinski definition) is 1. The number of halogens is 1. The van der Waals surface area contributed by atoms with Gasteiger partial charge in [0, 0.05) is 56.0 Å². The van der Waals surface area contributed by atoms with Gasteiger partial charge in [-0.2, -0.15) is 0 Å². The van der Waals surface area contributed by atoms with Crippen LogP contribution in [0.2, 0.25) is 5.28 Å². The predicted octanol–water partition coefficient (Wildman–Crippen LogP) is 3.77. The number of aryl methyl sites for hydroxylation is 3. The molecular weight excluding hydrogens is 612 g/mol. The molecule has 1 N–H and O–H groups in total. The Hall–Kier alpha value is -3.97. The number of anilines is 2. The van der Waals surface area contributed by atoms with E-state index in [1.165, 1.54) is 19.0 Å². The van der Waals surface area contributed by atoms with E-state index in [9.17, 15) is 9.59 Å². The van der Waals surface area contributed by atoms with Gasteiger partial charge >= 0.3 is 11.9 Å². The average Bonchev–Trinajstić information content (AvgIpc) is 3.87. The SMILES string of the molecule is CCOC(=O)c1cnc(Cl)nc1C.CCOC(=O)c1cnc(N2CC3CC3C2)nc1C.Cc1nc(N2CC3CC3C2)ncc1CO. The van der Waals surface area contributed by atoms with Crippen LogP contribution in [0.4, 0.5) is 11.9 Å². The molecule has 14 heteroatoms. The zero-order valence-corrected chi connectivity index (χ0v) is 27.7. The van der Waals surface area contributed by atoms with Crippen molar-refractivity contribution in [3.8, 4) is 0 Å². The minimum Gasteiger partial charge on any atom is -0.462 e. The van der Waals surface area contributed by atoms with E-state index in [0.29, 0.717) is 35.7 Å². The molecule has 246 valence electrons. The monoisotopic (exact) mass is 652 g/mol. The number of aliphatic hydroxyl groups is 1. The van der Waals surface area contributed by atoms with Gasteiger partial charge in [-0.3, -0.25) is 0 Å². The quantitative estimate of drug-likeness (QED) is 0.291. The molecule has 4 atom stereocenters. The second kappa shape index (κ2) is 14.6. The molecule has 3 aromatic rings. The van der Waals surface area contributed by atoms with Crippen LogP contribution in [0.1, 0.15) is 70.1 Å². The van der Waals surface area contributed by atoms with Crippen LogP contribution in [0.5, 0.6) is 0 Å². The number of carbonyl (C=O) groups is 2. The Kier molecular flexibility index (Phi) is 10.6. The zero-order valence-electron chi connectivity index (χ0n) is 26.9. The molecule has 7 rings (SSSR count). The summed E-state index contributed by atoms with van der Waals surface area (Å²) in [6.45, 7) is 14.0. The van der Waals surface area contributed by atoms with Gasteiger partial charge in [0.25, 0.3) is 0 Å². The minimum atomic E-state index is -0.420. The Labute approximate surface area is 273 Å². The number of rotatable bonds is 7. The van der Waals surface area contributed by atoms with Crippen molar-refractivity contribution < 1.29 is 24.2 Å². The molecule has 0 aromatic carbocycles. The summed E-state index contributed by atoms with van der Waals surface area (Å²) in [5, 5.41) is 9.16. The Balaban J connectivity index is 0.000000138. The van der Waals surface area contributed by atoms with Gasteiger partial charge in [0.2, 0.25) is 17.2 Å². The van der Waals surface area contributed by atoms with Crippen molar-refractivity contribution in [3.05, 3.63) is 57.6 Å². The number of ether oxygens (including phenoxy) is 2. The first-order valence-electron chi connectivity index (χ1n) is 15.7. The number of esters is 2. The molecule has 0 radical (unpaired) electrons. The normalized spacial score (nSPS) is 21.6. The second-order valence-corrected chi connectivity index (χ2v) is 12.3. The van der Waals surface area contributed by atoms with Gasteiger partial charge in [0.15, 0.2) is 0 Å². The van der Waals surface area contributed by atoms with E-state index in [1.54, 1.807) is 33.2 Å². The maximum atomic E-state index is 11.6. The molecule has 2 saturated carbocycles. The van der Waals surface area contributed by atoms with Gasteiger partial charge in [-0.25, -0.2) is 39.5 Å². The van der Waals surface area contributed by atoms with E-state index in [1.807, 2.05) is 13.8 Å². The molecule has 0 amide bonds. The molecule has 46 heavy (non-hydrogen) atoms. The smallest absolute Gasteiger partial charge is 0.341 e. The van der Waals surface area contributed by atoms with E-state index in [0.717, 1.165) is 73.0 Å². The van der Waals surface area contributed by atoms with Crippen LogP contribution in [-0.2, 0) is 16.1 Å². The highest BCUT2D eigenvalue weighted by Crippen LogP contribution is 2.46. The fourth-order valence-corrected chi connectivity index (χ4v) is 5.95. The molecule has 2 aliphatic carbocycles. The van der Waals surface area contributed by atoms with Gasteiger partial charge in [-0.1, -0.05) is 0 Å². The number of fused-ring (bicyclic) bond motifs is 2. The first-order valence-corrected chi connectivity index (χ1v) is 16.1. The van der Waals surface area contributed by atoms with Crippen LogP contribution in [0.25, 0.3) is 0 Å². The molecule has 2 aliphatic heterocycles. The second-order valence-electron chi connectivity index (χ2n) is 12.0. The summed E-state index contributed by atoms with van der Waals surface area (Å²) < 4.78 is 9.75. The molecule has 13 nitrogen and oxygen atoms in total. The number of carbonyl (C=O) groups excluding carboxylic acids is 2. The first-order chi connectivity index (χ1) is 22.1. The Morgan fingerprint density at radius 3 is 1.59 bits per heavy atom. The maximum absolute atomic E-state index is 11.6. The molecule has 3 aromatic heterocycles. The molecular formula is C32H41ClN8O5. The molecule has 0 spiro atoms. The fraction of sp³-hybridized carbons (Fsp3) is 0.562. The molecule has 4 aliphatic rings. The summed E-state index contributed by atoms with van der Waals surface area (Å²) in [4.78, 5) is 52.3. The summed E-state index contributed by atoms with van der Waals surface area (Å²) in [5.41, 5.74) is 3.75. The van der Waals surface area contributed by atoms with Crippen LogP contribution >= 0.6 is 11.6 Å². The third-order valence-corrected chi connectivity index (χ3v) is 8.85. The van der Waals surface area contributed by atoms with Crippen LogP contribution in [-0.4, -0.2) is 86.3 Å². The van der Waals surface area contributed by atoms with Crippen LogP contribution in [0.3, 0.4) is 0 Å². The van der Waals surface area contributed by atoms with E-state index in [-0.39, 0.29) is 17.9 Å². The first kappa shape index (κ1) is 33.4. The topological polar surface area (TPSA) is 157 Å². The van der Waals surface area contributed by atoms with Crippen LogP contribution < -0.4 is 9.80 Å². The fourth-order valence-electron chi connectivity index (χ4n) is 5.77. The highest BCUT2D eigenvalue weighted by Gasteiger charge is 2.46. The van der Waals surface area contributed by atoms with Gasteiger partial charge in [0.1, 0.15) is 0 Å². The van der Waals surface area contributed by atoms with E-state index in [2.05, 4.69) is 39.7 Å². The van der Waals surface area contributed by atoms with Crippen molar-refractivity contribution in [1.29, 1.82) is 0 Å². The lowest BCUT2D eigenvalue weighted by molar-refractivity contribution is 0.0514. The van der Waals surface area contributed by atoms with Gasteiger partial charge < -0.3 is 24.4 Å². The Bertz CT molecular complexity index is 1560. The number of hydrogen-bond acceptors (Lipinski definition) is 13. The largest absolute Gasteiger partial charge is 0.462 e. The molecule has 5 heterocycles. The number of nitrogens with zero attached hydrogens (tertiary/aromatic N) is 8. The lowest BCUT2D eigenvalue weighted by atomic mass is 10.2. The summed E-state index contributed by atoms with van der Waals surface area (Å²) in [6, 6.07) is 0. The molecule has 0 bridgehead atoms. The summed E-state index contributed by atoms with van der Waals surface area (Å²) in [5.74, 6) is 4.29. The summed E-state index contributed by atoms with van der Waals surface area (Å²) in [7, 11) is 0. The third kappa shape index (κ3) is 8.05. The zero-order chi connectivity index (χ0) is 33.0. The van der Waals surface area contributed by atoms with Gasteiger partial charge in [0.05, 0.1) is 42.3 Å². The number of aromatic nitrogens is 6. The van der Waals surface area contributed by atoms with Gasteiger partial charge in [-0.05, 0) is 82.7 Å². The van der Waals surface area contributed by atoms with Crippen molar-refractivity contribution in [2.45, 2.75) is 54.1 Å². The summed E-state index contributed by atoms with van der Waals surface area (Å²) >= 11 is 5.52. The highest BCUT2D eigenvalue weighted by molar-refractivity contribution is 6.28. The van der Waals surface area contributed by atoms with Crippen molar-refractivity contribution >= 4 is 35.4 Å².